The third kappa shape index (κ3) is 4.52. The fourth-order valence-corrected chi connectivity index (χ4v) is 0. The molecule has 0 spiro atoms. The van der Waals surface area contributed by atoms with Gasteiger partial charge in [-0.15, -0.1) is 0 Å². The summed E-state index contributed by atoms with van der Waals surface area (Å²) in [5.74, 6) is 0. The Morgan fingerprint density at radius 1 is 1.80 bits per heavy atom. The number of rotatable bonds is 1. The van der Waals surface area contributed by atoms with Gasteiger partial charge in [0.15, 0.2) is 18.5 Å². The molecule has 0 fully saturated rings. The Labute approximate surface area is 39.0 Å². The van der Waals surface area contributed by atoms with Crippen molar-refractivity contribution in [2.24, 2.45) is 0 Å². The van der Waals surface area contributed by atoms with E-state index in [4.69, 9.17) is 11.8 Å². The molecule has 1 unspecified atom stereocenters. The Bertz CT molecular complexity index is 42.2. The van der Waals surface area contributed by atoms with E-state index < -0.39 is 0 Å². The number of hydrogen-bond acceptors (Lipinski definition) is 1. The van der Waals surface area contributed by atoms with Crippen LogP contribution in [0.4, 0.5) is 0 Å². The highest BCUT2D eigenvalue weighted by Gasteiger charge is 1.86. The summed E-state index contributed by atoms with van der Waals surface area (Å²) in [4.78, 5) is 0. The van der Waals surface area contributed by atoms with Crippen molar-refractivity contribution in [1.29, 1.82) is 0 Å². The zero-order valence-corrected chi connectivity index (χ0v) is 5.27. The van der Waals surface area contributed by atoms with Crippen molar-refractivity contribution in [2.75, 3.05) is 12.8 Å². The Hall–Kier alpha value is 0.520. The third-order valence-electron chi connectivity index (χ3n) is 0.445. The lowest BCUT2D eigenvalue weighted by Gasteiger charge is -1.61. The van der Waals surface area contributed by atoms with E-state index in [9.17, 15) is 0 Å². The quantitative estimate of drug-likeness (QED) is 0.458. The topological polar surface area (TPSA) is 0 Å². The van der Waals surface area contributed by atoms with Crippen LogP contribution < -0.4 is 0 Å². The lowest BCUT2D eigenvalue weighted by molar-refractivity contribution is 1.52. The van der Waals surface area contributed by atoms with Gasteiger partial charge in [-0.1, -0.05) is 0 Å². The molecule has 0 amide bonds. The molecule has 0 aromatic heterocycles. The minimum absolute atomic E-state index is 0.0149. The molecule has 0 rings (SSSR count). The zero-order valence-electron chi connectivity index (χ0n) is 3.56. The SMILES string of the molecule is CC[P+](C)=S. The minimum Gasteiger partial charge on any atom is -0.0232 e. The molecule has 0 aliphatic rings. The third-order valence-corrected chi connectivity index (χ3v) is 2.11. The monoisotopic (exact) mass is 107 g/mol. The summed E-state index contributed by atoms with van der Waals surface area (Å²) >= 11 is 4.84. The predicted octanol–water partition coefficient (Wildman–Crippen LogP) is 1.58. The summed E-state index contributed by atoms with van der Waals surface area (Å²) in [6.07, 6.45) is 1.19. The van der Waals surface area contributed by atoms with E-state index in [2.05, 4.69) is 13.6 Å². The fourth-order valence-electron chi connectivity index (χ4n) is 0. The summed E-state index contributed by atoms with van der Waals surface area (Å²) in [6.45, 7) is 4.21. The van der Waals surface area contributed by atoms with Crippen LogP contribution in [-0.4, -0.2) is 12.8 Å². The second-order valence-electron chi connectivity index (χ2n) is 0.944. The van der Waals surface area contributed by atoms with Gasteiger partial charge in [0.2, 0.25) is 0 Å². The van der Waals surface area contributed by atoms with Crippen molar-refractivity contribution >= 4 is 18.5 Å². The normalized spacial score (nSPS) is 11.2. The van der Waals surface area contributed by atoms with Gasteiger partial charge in [-0.3, -0.25) is 0 Å². The Kier molecular flexibility index (Phi) is 3.03. The maximum atomic E-state index is 4.84. The van der Waals surface area contributed by atoms with Crippen molar-refractivity contribution in [2.45, 2.75) is 6.92 Å². The maximum absolute atomic E-state index is 4.84. The maximum Gasteiger partial charge on any atom is 0.171 e. The molecule has 0 saturated carbocycles. The zero-order chi connectivity index (χ0) is 4.28. The van der Waals surface area contributed by atoms with Crippen molar-refractivity contribution in [1.82, 2.24) is 0 Å². The highest BCUT2D eigenvalue weighted by Crippen LogP contribution is 2.10. The molecular formula is C3H8PS+. The molecule has 2 heteroatoms. The number of hydrogen-bond donors (Lipinski definition) is 0. The van der Waals surface area contributed by atoms with E-state index in [1.807, 2.05) is 0 Å². The van der Waals surface area contributed by atoms with Crippen LogP contribution in [0.1, 0.15) is 6.92 Å². The molecule has 0 aliphatic heterocycles. The smallest absolute Gasteiger partial charge is 0.0232 e. The van der Waals surface area contributed by atoms with E-state index in [0.717, 1.165) is 0 Å². The van der Waals surface area contributed by atoms with E-state index >= 15 is 0 Å². The molecule has 0 aromatic rings. The first kappa shape index (κ1) is 5.52. The Morgan fingerprint density at radius 2 is 2.00 bits per heavy atom. The van der Waals surface area contributed by atoms with Crippen molar-refractivity contribution < 1.29 is 0 Å². The Balaban J connectivity index is 2.85. The van der Waals surface area contributed by atoms with Gasteiger partial charge in [-0.05, 0) is 6.92 Å². The van der Waals surface area contributed by atoms with E-state index in [1.54, 1.807) is 0 Å². The fraction of sp³-hybridized carbons (Fsp3) is 1.00. The van der Waals surface area contributed by atoms with Crippen LogP contribution in [0.25, 0.3) is 0 Å². The van der Waals surface area contributed by atoms with Crippen LogP contribution in [-0.2, 0) is 11.8 Å². The molecule has 0 aromatic carbocycles. The summed E-state index contributed by atoms with van der Waals surface area (Å²) in [6, 6.07) is 0. The highest BCUT2D eigenvalue weighted by atomic mass is 32.4. The molecule has 0 heterocycles. The average molecular weight is 107 g/mol. The predicted molar refractivity (Wildman–Crippen MR) is 30.7 cm³/mol. The molecule has 0 N–H and O–H groups in total. The molecule has 0 bridgehead atoms. The first-order valence-electron chi connectivity index (χ1n) is 1.65. The van der Waals surface area contributed by atoms with Crippen molar-refractivity contribution in [3.05, 3.63) is 0 Å². The minimum atomic E-state index is -0.0149. The van der Waals surface area contributed by atoms with Crippen LogP contribution in [0.5, 0.6) is 0 Å². The lowest BCUT2D eigenvalue weighted by atomic mass is 11.0. The van der Waals surface area contributed by atoms with Gasteiger partial charge >= 0.3 is 0 Å². The Morgan fingerprint density at radius 3 is 2.00 bits per heavy atom. The first-order chi connectivity index (χ1) is 2.27. The van der Waals surface area contributed by atoms with Gasteiger partial charge in [-0.25, -0.2) is 0 Å². The van der Waals surface area contributed by atoms with Crippen LogP contribution >= 0.6 is 6.70 Å². The summed E-state index contributed by atoms with van der Waals surface area (Å²) in [5.41, 5.74) is 0. The molecule has 30 valence electrons. The van der Waals surface area contributed by atoms with Crippen LogP contribution in [0, 0.1) is 0 Å². The van der Waals surface area contributed by atoms with E-state index in [1.165, 1.54) is 6.16 Å². The summed E-state index contributed by atoms with van der Waals surface area (Å²) in [7, 11) is 0. The molecule has 0 nitrogen and oxygen atoms in total. The van der Waals surface area contributed by atoms with Gasteiger partial charge in [0, 0.05) is 0 Å². The van der Waals surface area contributed by atoms with Gasteiger partial charge in [0.05, 0.1) is 0 Å². The van der Waals surface area contributed by atoms with Crippen molar-refractivity contribution in [3.8, 4) is 0 Å². The standard InChI is InChI=1S/C3H8PS/c1-3-4(2)5/h3H2,1-2H3/q+1. The average Bonchev–Trinajstić information content (AvgIpc) is 1.38. The molecule has 0 radical (unpaired) electrons. The molecule has 0 saturated heterocycles. The van der Waals surface area contributed by atoms with Crippen molar-refractivity contribution in [3.63, 3.8) is 0 Å². The first-order valence-corrected chi connectivity index (χ1v) is 4.64. The second-order valence-corrected chi connectivity index (χ2v) is 4.70. The van der Waals surface area contributed by atoms with Crippen LogP contribution in [0.15, 0.2) is 0 Å². The van der Waals surface area contributed by atoms with E-state index in [-0.39, 0.29) is 6.70 Å². The van der Waals surface area contributed by atoms with E-state index in [0.29, 0.717) is 0 Å². The second kappa shape index (κ2) is 2.74. The van der Waals surface area contributed by atoms with Gasteiger partial charge in [0.1, 0.15) is 12.8 Å². The highest BCUT2D eigenvalue weighted by molar-refractivity contribution is 8.04. The van der Waals surface area contributed by atoms with Crippen LogP contribution in [0.3, 0.4) is 0 Å². The van der Waals surface area contributed by atoms with Gasteiger partial charge in [0.25, 0.3) is 0 Å². The molecule has 5 heavy (non-hydrogen) atoms. The molecule has 0 aliphatic carbocycles. The van der Waals surface area contributed by atoms with Crippen LogP contribution in [0.2, 0.25) is 0 Å². The lowest BCUT2D eigenvalue weighted by Crippen LogP contribution is -1.54. The van der Waals surface area contributed by atoms with Gasteiger partial charge < -0.3 is 0 Å². The molecular weight excluding hydrogens is 99.1 g/mol. The summed E-state index contributed by atoms with van der Waals surface area (Å²) < 4.78 is 0. The van der Waals surface area contributed by atoms with Gasteiger partial charge in [-0.2, -0.15) is 0 Å². The molecule has 1 atom stereocenters. The summed E-state index contributed by atoms with van der Waals surface area (Å²) in [5, 5.41) is 0. The largest absolute Gasteiger partial charge is 0.171 e.